The number of esters is 1. The highest BCUT2D eigenvalue weighted by Gasteiger charge is 2.60. The van der Waals surface area contributed by atoms with Gasteiger partial charge in [0.25, 0.3) is 0 Å². The molecule has 0 amide bonds. The number of fused-ring (bicyclic) bond motifs is 3. The molecular weight excluding hydrogens is 616 g/mol. The molecule has 49 heavy (non-hydrogen) atoms. The Bertz CT molecular complexity index is 1630. The first kappa shape index (κ1) is 33.4. The predicted molar refractivity (Wildman–Crippen MR) is 185 cm³/mol. The van der Waals surface area contributed by atoms with Crippen molar-refractivity contribution in [3.63, 3.8) is 0 Å². The van der Waals surface area contributed by atoms with Gasteiger partial charge in [-0.05, 0) is 22.3 Å². The topological polar surface area (TPSA) is 72.5 Å². The standard InChI is InChI=1S/C42H44O7/c1-29(43)49-36-28-44-35-23-22-34-37(38(35)36)40(46-25-31-16-8-3-9-17-31)42(48-27-33-20-12-5-13-21-33)41(47-26-32-18-10-4-11-19-32)39(34)45-24-30-14-6-2-7-15-30/h2-23,34-42H,24-28H2,1H3/t34-,35-,36+,37-,38+,39+,40+,41-,42-/m0/s1. The predicted octanol–water partition coefficient (Wildman–Crippen LogP) is 7.09. The maximum atomic E-state index is 12.3. The van der Waals surface area contributed by atoms with Crippen LogP contribution in [-0.4, -0.2) is 49.2 Å². The summed E-state index contributed by atoms with van der Waals surface area (Å²) in [6.07, 6.45) is 1.87. The summed E-state index contributed by atoms with van der Waals surface area (Å²) in [5.41, 5.74) is 4.25. The summed E-state index contributed by atoms with van der Waals surface area (Å²) >= 11 is 0. The lowest BCUT2D eigenvalue weighted by atomic mass is 9.62. The maximum Gasteiger partial charge on any atom is 0.302 e. The molecule has 0 N–H and O–H groups in total. The molecule has 3 aliphatic rings. The van der Waals surface area contributed by atoms with Crippen LogP contribution in [0.3, 0.4) is 0 Å². The van der Waals surface area contributed by atoms with Crippen LogP contribution in [0.25, 0.3) is 0 Å². The minimum atomic E-state index is -0.514. The molecule has 7 rings (SSSR count). The van der Waals surface area contributed by atoms with Crippen molar-refractivity contribution >= 4 is 5.97 Å². The molecule has 2 aliphatic carbocycles. The van der Waals surface area contributed by atoms with Gasteiger partial charge in [-0.25, -0.2) is 0 Å². The summed E-state index contributed by atoms with van der Waals surface area (Å²) in [6, 6.07) is 40.7. The van der Waals surface area contributed by atoms with Crippen molar-refractivity contribution in [1.29, 1.82) is 0 Å². The fourth-order valence-corrected chi connectivity index (χ4v) is 7.68. The first-order chi connectivity index (χ1) is 24.1. The zero-order chi connectivity index (χ0) is 33.4. The van der Waals surface area contributed by atoms with Crippen molar-refractivity contribution in [2.45, 2.75) is 70.0 Å². The smallest absolute Gasteiger partial charge is 0.302 e. The molecule has 0 unspecified atom stereocenters. The number of hydrogen-bond acceptors (Lipinski definition) is 7. The zero-order valence-electron chi connectivity index (χ0n) is 27.8. The third-order valence-electron chi connectivity index (χ3n) is 9.86. The lowest BCUT2D eigenvalue weighted by Crippen LogP contribution is -2.64. The van der Waals surface area contributed by atoms with Crippen LogP contribution in [0, 0.1) is 17.8 Å². The molecule has 2 fully saturated rings. The molecule has 0 aromatic heterocycles. The van der Waals surface area contributed by atoms with E-state index in [9.17, 15) is 4.79 Å². The Balaban J connectivity index is 1.30. The summed E-state index contributed by atoms with van der Waals surface area (Å²) in [7, 11) is 0. The number of hydrogen-bond donors (Lipinski definition) is 0. The van der Waals surface area contributed by atoms with E-state index in [1.165, 1.54) is 6.92 Å². The summed E-state index contributed by atoms with van der Waals surface area (Å²) < 4.78 is 40.0. The lowest BCUT2D eigenvalue weighted by Gasteiger charge is -2.53. The molecule has 254 valence electrons. The monoisotopic (exact) mass is 660 g/mol. The fourth-order valence-electron chi connectivity index (χ4n) is 7.68. The first-order valence-corrected chi connectivity index (χ1v) is 17.2. The van der Waals surface area contributed by atoms with Crippen LogP contribution in [0.2, 0.25) is 0 Å². The second kappa shape index (κ2) is 16.1. The summed E-state index contributed by atoms with van der Waals surface area (Å²) in [5.74, 6) is -0.748. The molecule has 1 saturated carbocycles. The number of carbonyl (C=O) groups is 1. The van der Waals surface area contributed by atoms with Gasteiger partial charge in [-0.3, -0.25) is 4.79 Å². The largest absolute Gasteiger partial charge is 0.460 e. The molecule has 1 saturated heterocycles. The van der Waals surface area contributed by atoms with Crippen LogP contribution in [0.15, 0.2) is 133 Å². The van der Waals surface area contributed by atoms with Crippen molar-refractivity contribution in [1.82, 2.24) is 0 Å². The van der Waals surface area contributed by atoms with E-state index in [2.05, 4.69) is 60.7 Å². The van der Waals surface area contributed by atoms with E-state index in [0.29, 0.717) is 33.0 Å². The number of benzene rings is 4. The van der Waals surface area contributed by atoms with E-state index in [4.69, 9.17) is 28.4 Å². The fraction of sp³-hybridized carbons (Fsp3) is 0.357. The van der Waals surface area contributed by atoms with Crippen molar-refractivity contribution < 1.29 is 33.2 Å². The van der Waals surface area contributed by atoms with Crippen LogP contribution in [0.5, 0.6) is 0 Å². The van der Waals surface area contributed by atoms with Gasteiger partial charge >= 0.3 is 5.97 Å². The van der Waals surface area contributed by atoms with Crippen LogP contribution in [0.1, 0.15) is 29.2 Å². The SMILES string of the molecule is CC(=O)O[C@@H]1CO[C@H]2C=C[C@@H]3[C@@H](OCc4ccccc4)[C@H](OCc4ccccc4)[C@@H](OCc4ccccc4)[C@H](OCc4ccccc4)[C@@H]3[C@H]21. The minimum Gasteiger partial charge on any atom is -0.460 e. The normalized spacial score (nSPS) is 28.8. The Morgan fingerprint density at radius 2 is 0.959 bits per heavy atom. The van der Waals surface area contributed by atoms with Crippen LogP contribution < -0.4 is 0 Å². The van der Waals surface area contributed by atoms with E-state index >= 15 is 0 Å². The van der Waals surface area contributed by atoms with Gasteiger partial charge in [0.2, 0.25) is 0 Å². The molecule has 1 aliphatic heterocycles. The summed E-state index contributed by atoms with van der Waals surface area (Å²) in [4.78, 5) is 12.3. The average Bonchev–Trinajstić information content (AvgIpc) is 3.55. The number of ether oxygens (including phenoxy) is 6. The van der Waals surface area contributed by atoms with Gasteiger partial charge in [0, 0.05) is 24.7 Å². The Kier molecular flexibility index (Phi) is 10.9. The van der Waals surface area contributed by atoms with Gasteiger partial charge in [0.1, 0.15) is 18.3 Å². The minimum absolute atomic E-state index is 0.122. The van der Waals surface area contributed by atoms with Gasteiger partial charge in [0.05, 0.1) is 51.3 Å². The first-order valence-electron chi connectivity index (χ1n) is 17.2. The lowest BCUT2D eigenvalue weighted by molar-refractivity contribution is -0.254. The van der Waals surface area contributed by atoms with E-state index < -0.39 is 24.4 Å². The Hall–Kier alpha value is -4.11. The van der Waals surface area contributed by atoms with Crippen molar-refractivity contribution in [2.75, 3.05) is 6.61 Å². The number of carbonyl (C=O) groups excluding carboxylic acids is 1. The molecule has 7 nitrogen and oxygen atoms in total. The molecule has 0 radical (unpaired) electrons. The zero-order valence-corrected chi connectivity index (χ0v) is 27.8. The molecule has 9 atom stereocenters. The highest BCUT2D eigenvalue weighted by molar-refractivity contribution is 5.66. The summed E-state index contributed by atoms with van der Waals surface area (Å²) in [5, 5.41) is 0. The highest BCUT2D eigenvalue weighted by Crippen LogP contribution is 2.50. The third kappa shape index (κ3) is 8.04. The average molecular weight is 661 g/mol. The van der Waals surface area contributed by atoms with Crippen LogP contribution in [0.4, 0.5) is 0 Å². The quantitative estimate of drug-likeness (QED) is 0.112. The Labute approximate surface area is 288 Å². The maximum absolute atomic E-state index is 12.3. The van der Waals surface area contributed by atoms with E-state index in [-0.39, 0.29) is 35.9 Å². The third-order valence-corrected chi connectivity index (χ3v) is 9.86. The molecule has 4 aromatic rings. The molecule has 7 heteroatoms. The van der Waals surface area contributed by atoms with Crippen molar-refractivity contribution in [3.8, 4) is 0 Å². The van der Waals surface area contributed by atoms with E-state index in [0.717, 1.165) is 22.3 Å². The van der Waals surface area contributed by atoms with Gasteiger partial charge in [-0.1, -0.05) is 133 Å². The van der Waals surface area contributed by atoms with E-state index in [1.807, 2.05) is 72.8 Å². The van der Waals surface area contributed by atoms with Gasteiger partial charge in [-0.15, -0.1) is 0 Å². The molecule has 4 aromatic carbocycles. The van der Waals surface area contributed by atoms with Crippen molar-refractivity contribution in [3.05, 3.63) is 156 Å². The van der Waals surface area contributed by atoms with Crippen molar-refractivity contribution in [2.24, 2.45) is 17.8 Å². The highest BCUT2D eigenvalue weighted by atomic mass is 16.6. The molecular formula is C42H44O7. The second-order valence-corrected chi connectivity index (χ2v) is 13.1. The second-order valence-electron chi connectivity index (χ2n) is 13.1. The molecule has 1 heterocycles. The van der Waals surface area contributed by atoms with Gasteiger partial charge in [0.15, 0.2) is 0 Å². The number of rotatable bonds is 13. The van der Waals surface area contributed by atoms with Crippen LogP contribution in [-0.2, 0) is 59.6 Å². The summed E-state index contributed by atoms with van der Waals surface area (Å²) in [6.45, 7) is 3.34. The van der Waals surface area contributed by atoms with E-state index in [1.54, 1.807) is 0 Å². The Morgan fingerprint density at radius 1 is 0.551 bits per heavy atom. The van der Waals surface area contributed by atoms with Gasteiger partial charge in [-0.2, -0.15) is 0 Å². The van der Waals surface area contributed by atoms with Gasteiger partial charge < -0.3 is 28.4 Å². The molecule has 0 spiro atoms. The molecule has 0 bridgehead atoms. The Morgan fingerprint density at radius 3 is 1.41 bits per heavy atom. The van der Waals surface area contributed by atoms with Crippen LogP contribution >= 0.6 is 0 Å².